The van der Waals surface area contributed by atoms with Crippen LogP contribution in [0.25, 0.3) is 0 Å². The van der Waals surface area contributed by atoms with Crippen molar-refractivity contribution in [2.45, 2.75) is 64.6 Å². The van der Waals surface area contributed by atoms with E-state index in [-0.39, 0.29) is 30.8 Å². The molecule has 1 aliphatic heterocycles. The third-order valence-corrected chi connectivity index (χ3v) is 5.25. The van der Waals surface area contributed by atoms with Crippen LogP contribution in [0.4, 0.5) is 9.18 Å². The molecule has 0 bridgehead atoms. The van der Waals surface area contributed by atoms with Crippen LogP contribution in [0.2, 0.25) is 0 Å². The highest BCUT2D eigenvalue weighted by molar-refractivity contribution is 5.88. The zero-order chi connectivity index (χ0) is 25.3. The van der Waals surface area contributed by atoms with E-state index in [1.165, 1.54) is 18.2 Å². The number of hydrogen-bond acceptors (Lipinski definition) is 6. The lowest BCUT2D eigenvalue weighted by Gasteiger charge is -2.27. The number of halogens is 1. The number of rotatable bonds is 12. The number of benzene rings is 1. The first-order valence-corrected chi connectivity index (χ1v) is 11.4. The van der Waals surface area contributed by atoms with E-state index in [4.69, 9.17) is 9.47 Å². The van der Waals surface area contributed by atoms with Crippen molar-refractivity contribution >= 4 is 24.2 Å². The van der Waals surface area contributed by atoms with Crippen molar-refractivity contribution in [3.8, 4) is 5.75 Å². The van der Waals surface area contributed by atoms with Crippen molar-refractivity contribution in [3.05, 3.63) is 30.1 Å². The average molecular weight is 480 g/mol. The minimum Gasteiger partial charge on any atom is -0.484 e. The van der Waals surface area contributed by atoms with Gasteiger partial charge in [0.05, 0.1) is 6.04 Å². The van der Waals surface area contributed by atoms with Crippen molar-refractivity contribution < 1.29 is 33.0 Å². The van der Waals surface area contributed by atoms with Crippen molar-refractivity contribution in [3.63, 3.8) is 0 Å². The van der Waals surface area contributed by atoms with Gasteiger partial charge in [-0.15, -0.1) is 0 Å². The van der Waals surface area contributed by atoms with Crippen LogP contribution in [0.3, 0.4) is 0 Å². The Hall–Kier alpha value is -3.17. The number of hydrogen-bond donors (Lipinski definition) is 3. The Kier molecular flexibility index (Phi) is 9.83. The fraction of sp³-hybridized carbons (Fsp3) is 0.583. The molecule has 9 nitrogen and oxygen atoms in total. The van der Waals surface area contributed by atoms with Gasteiger partial charge in [-0.3, -0.25) is 9.59 Å². The topological polar surface area (TPSA) is 123 Å². The summed E-state index contributed by atoms with van der Waals surface area (Å²) >= 11 is 0. The molecule has 1 aromatic carbocycles. The maximum Gasteiger partial charge on any atom is 0.407 e. The summed E-state index contributed by atoms with van der Waals surface area (Å²) in [6.07, 6.45) is 0.896. The number of alkyl carbamates (subject to hydrolysis) is 1. The Balaban J connectivity index is 1.91. The van der Waals surface area contributed by atoms with Gasteiger partial charge in [0.25, 0.3) is 0 Å². The van der Waals surface area contributed by atoms with Gasteiger partial charge < -0.3 is 30.2 Å². The standard InChI is InChI=1S/C24H34FN3O6/c1-15(2)10-20(22(31)27-18(13-29)11-16-8-9-26-21(16)30)28-23(32)33-14-24(3,4)34-19-7-5-6-17(25)12-19/h5-7,12-13,15-16,18,20H,8-11,14H2,1-4H3,(H,26,30)(H,27,31)(H,28,32)/t16-,18-,20-/m0/s1. The Morgan fingerprint density at radius 1 is 1.29 bits per heavy atom. The highest BCUT2D eigenvalue weighted by atomic mass is 19.1. The van der Waals surface area contributed by atoms with E-state index in [0.29, 0.717) is 31.4 Å². The Morgan fingerprint density at radius 3 is 2.62 bits per heavy atom. The van der Waals surface area contributed by atoms with E-state index in [0.717, 1.165) is 0 Å². The molecule has 1 saturated heterocycles. The highest BCUT2D eigenvalue weighted by Gasteiger charge is 2.30. The smallest absolute Gasteiger partial charge is 0.407 e. The average Bonchev–Trinajstić information content (AvgIpc) is 3.15. The van der Waals surface area contributed by atoms with Crippen LogP contribution in [0.15, 0.2) is 24.3 Å². The molecule has 0 aliphatic carbocycles. The summed E-state index contributed by atoms with van der Waals surface area (Å²) in [7, 11) is 0. The maximum atomic E-state index is 13.4. The van der Waals surface area contributed by atoms with Gasteiger partial charge in [0.2, 0.25) is 11.8 Å². The second-order valence-corrected chi connectivity index (χ2v) is 9.49. The Bertz CT molecular complexity index is 876. The van der Waals surface area contributed by atoms with Crippen LogP contribution in [0, 0.1) is 17.7 Å². The SMILES string of the molecule is CC(C)C[C@H](NC(=O)OCC(C)(C)Oc1cccc(F)c1)C(=O)N[C@H](C=O)C[C@@H]1CCNC1=O. The molecule has 1 aliphatic rings. The highest BCUT2D eigenvalue weighted by Crippen LogP contribution is 2.20. The summed E-state index contributed by atoms with van der Waals surface area (Å²) in [5.41, 5.74) is -0.953. The van der Waals surface area contributed by atoms with Crippen LogP contribution in [0.1, 0.15) is 47.0 Å². The second-order valence-electron chi connectivity index (χ2n) is 9.49. The van der Waals surface area contributed by atoms with E-state index >= 15 is 0 Å². The van der Waals surface area contributed by atoms with E-state index in [1.807, 2.05) is 13.8 Å². The summed E-state index contributed by atoms with van der Waals surface area (Å²) in [5, 5.41) is 7.86. The number of amides is 3. The molecule has 0 unspecified atom stereocenters. The molecular formula is C24H34FN3O6. The number of nitrogens with one attached hydrogen (secondary N) is 3. The monoisotopic (exact) mass is 479 g/mol. The predicted molar refractivity (Wildman–Crippen MR) is 123 cm³/mol. The van der Waals surface area contributed by atoms with Crippen molar-refractivity contribution in [2.24, 2.45) is 11.8 Å². The van der Waals surface area contributed by atoms with Crippen LogP contribution in [-0.2, 0) is 19.1 Å². The van der Waals surface area contributed by atoms with E-state index < -0.39 is 35.5 Å². The molecule has 3 atom stereocenters. The number of carbonyl (C=O) groups excluding carboxylic acids is 4. The van der Waals surface area contributed by atoms with Gasteiger partial charge in [-0.25, -0.2) is 9.18 Å². The van der Waals surface area contributed by atoms with Crippen LogP contribution in [-0.4, -0.2) is 55.0 Å². The van der Waals surface area contributed by atoms with Crippen molar-refractivity contribution in [2.75, 3.05) is 13.2 Å². The maximum absolute atomic E-state index is 13.4. The van der Waals surface area contributed by atoms with E-state index in [9.17, 15) is 23.6 Å². The van der Waals surface area contributed by atoms with E-state index in [1.54, 1.807) is 19.9 Å². The minimum absolute atomic E-state index is 0.0686. The van der Waals surface area contributed by atoms with Crippen molar-refractivity contribution in [1.82, 2.24) is 16.0 Å². The molecular weight excluding hydrogens is 445 g/mol. The van der Waals surface area contributed by atoms with Crippen LogP contribution in [0.5, 0.6) is 5.75 Å². The molecule has 1 fully saturated rings. The summed E-state index contributed by atoms with van der Waals surface area (Å²) in [4.78, 5) is 48.5. The molecule has 10 heteroatoms. The summed E-state index contributed by atoms with van der Waals surface area (Å²) in [5.74, 6) is -1.09. The van der Waals surface area contributed by atoms with Gasteiger partial charge >= 0.3 is 6.09 Å². The van der Waals surface area contributed by atoms with Gasteiger partial charge in [-0.1, -0.05) is 19.9 Å². The number of carbonyl (C=O) groups is 4. The van der Waals surface area contributed by atoms with Gasteiger partial charge in [0.1, 0.15) is 36.1 Å². The lowest BCUT2D eigenvalue weighted by Crippen LogP contribution is -2.51. The molecule has 0 spiro atoms. The molecule has 2 rings (SSSR count). The molecule has 3 amide bonds. The first kappa shape index (κ1) is 27.1. The van der Waals surface area contributed by atoms with Gasteiger partial charge in [0, 0.05) is 18.5 Å². The summed E-state index contributed by atoms with van der Waals surface area (Å²) in [6.45, 7) is 7.53. The zero-order valence-corrected chi connectivity index (χ0v) is 20.1. The van der Waals surface area contributed by atoms with Crippen LogP contribution < -0.4 is 20.7 Å². The fourth-order valence-electron chi connectivity index (χ4n) is 3.61. The largest absolute Gasteiger partial charge is 0.484 e. The molecule has 3 N–H and O–H groups in total. The number of ether oxygens (including phenoxy) is 2. The normalized spacial score (nSPS) is 17.5. The first-order valence-electron chi connectivity index (χ1n) is 11.4. The second kappa shape index (κ2) is 12.3. The molecule has 0 saturated carbocycles. The lowest BCUT2D eigenvalue weighted by molar-refractivity contribution is -0.127. The fourth-order valence-corrected chi connectivity index (χ4v) is 3.61. The Morgan fingerprint density at radius 2 is 2.03 bits per heavy atom. The summed E-state index contributed by atoms with van der Waals surface area (Å²) < 4.78 is 24.3. The Labute approximate surface area is 199 Å². The van der Waals surface area contributed by atoms with Gasteiger partial charge in [-0.05, 0) is 51.2 Å². The van der Waals surface area contributed by atoms with Crippen molar-refractivity contribution in [1.29, 1.82) is 0 Å². The summed E-state index contributed by atoms with van der Waals surface area (Å²) in [6, 6.07) is 3.85. The zero-order valence-electron chi connectivity index (χ0n) is 20.1. The number of aldehydes is 1. The first-order chi connectivity index (χ1) is 16.0. The molecule has 188 valence electrons. The van der Waals surface area contributed by atoms with Gasteiger partial charge in [-0.2, -0.15) is 0 Å². The van der Waals surface area contributed by atoms with Gasteiger partial charge in [0.15, 0.2) is 0 Å². The minimum atomic E-state index is -0.953. The molecule has 1 heterocycles. The third-order valence-electron chi connectivity index (χ3n) is 5.25. The van der Waals surface area contributed by atoms with Crippen LogP contribution >= 0.6 is 0 Å². The quantitative estimate of drug-likeness (QED) is 0.396. The predicted octanol–water partition coefficient (Wildman–Crippen LogP) is 2.33. The molecule has 1 aromatic rings. The molecule has 34 heavy (non-hydrogen) atoms. The molecule has 0 radical (unpaired) electrons. The third kappa shape index (κ3) is 8.99. The lowest BCUT2D eigenvalue weighted by atomic mass is 9.98. The van der Waals surface area contributed by atoms with E-state index in [2.05, 4.69) is 16.0 Å². The molecule has 0 aromatic heterocycles.